The van der Waals surface area contributed by atoms with Gasteiger partial charge >= 0.3 is 0 Å². The molecule has 0 saturated heterocycles. The Morgan fingerprint density at radius 2 is 2.22 bits per heavy atom. The number of nitrogens with two attached hydrogens (primary N) is 1. The first-order valence-corrected chi connectivity index (χ1v) is 9.86. The number of nitro groups is 1. The first-order chi connectivity index (χ1) is 13.0. The Labute approximate surface area is 161 Å². The van der Waals surface area contributed by atoms with Crippen LogP contribution in [0.25, 0.3) is 10.7 Å². The smallest absolute Gasteiger partial charge is 0.269 e. The number of non-ortho nitro benzene ring substituents is 1. The number of thioether (sulfide) groups is 1. The zero-order valence-corrected chi connectivity index (χ0v) is 15.6. The molecule has 1 aromatic carbocycles. The number of nitrogens with zero attached hydrogens (tertiary/aromatic N) is 5. The molecule has 0 radical (unpaired) electrons. The number of hydrogen-bond donors (Lipinski definition) is 1. The predicted molar refractivity (Wildman–Crippen MR) is 103 cm³/mol. The van der Waals surface area contributed by atoms with Crippen molar-refractivity contribution in [3.8, 4) is 10.7 Å². The Kier molecular flexibility index (Phi) is 4.54. The molecule has 2 N–H and O–H groups in total. The van der Waals surface area contributed by atoms with Crippen molar-refractivity contribution in [1.82, 2.24) is 14.9 Å². The molecule has 3 heterocycles. The first-order valence-electron chi connectivity index (χ1n) is 7.99. The highest BCUT2D eigenvalue weighted by Gasteiger charge is 2.27. The number of carbonyl (C=O) groups excluding carboxylic acids is 1. The summed E-state index contributed by atoms with van der Waals surface area (Å²) in [6.45, 7) is 0.506. The molecule has 4 rings (SSSR count). The number of carbonyl (C=O) groups is 1. The molecule has 27 heavy (non-hydrogen) atoms. The fourth-order valence-electron chi connectivity index (χ4n) is 2.91. The summed E-state index contributed by atoms with van der Waals surface area (Å²) in [5.41, 5.74) is 1.57. The molecule has 1 aliphatic heterocycles. The fraction of sp³-hybridized carbons (Fsp3) is 0.188. The van der Waals surface area contributed by atoms with Gasteiger partial charge in [0.2, 0.25) is 11.1 Å². The zero-order chi connectivity index (χ0) is 19.0. The van der Waals surface area contributed by atoms with Crippen molar-refractivity contribution in [1.29, 1.82) is 0 Å². The van der Waals surface area contributed by atoms with E-state index in [0.29, 0.717) is 23.9 Å². The van der Waals surface area contributed by atoms with Crippen LogP contribution >= 0.6 is 23.1 Å². The maximum atomic E-state index is 12.6. The van der Waals surface area contributed by atoms with Crippen molar-refractivity contribution in [2.24, 2.45) is 0 Å². The van der Waals surface area contributed by atoms with Gasteiger partial charge in [-0.1, -0.05) is 17.8 Å². The van der Waals surface area contributed by atoms with Crippen molar-refractivity contribution in [2.45, 2.75) is 11.6 Å². The minimum atomic E-state index is -0.431. The van der Waals surface area contributed by atoms with Gasteiger partial charge in [-0.15, -0.1) is 21.5 Å². The summed E-state index contributed by atoms with van der Waals surface area (Å²) in [6, 6.07) is 8.38. The normalized spacial score (nSPS) is 13.0. The molecule has 2 aromatic heterocycles. The lowest BCUT2D eigenvalue weighted by Gasteiger charge is -2.16. The first kappa shape index (κ1) is 17.5. The number of benzene rings is 1. The van der Waals surface area contributed by atoms with Crippen LogP contribution < -0.4 is 10.7 Å². The van der Waals surface area contributed by atoms with E-state index in [9.17, 15) is 14.9 Å². The number of anilines is 1. The van der Waals surface area contributed by atoms with Crippen molar-refractivity contribution >= 4 is 40.4 Å². The van der Waals surface area contributed by atoms with E-state index in [1.54, 1.807) is 11.0 Å². The molecule has 0 saturated carbocycles. The van der Waals surface area contributed by atoms with E-state index in [0.717, 1.165) is 16.1 Å². The number of amides is 1. The van der Waals surface area contributed by atoms with E-state index in [4.69, 9.17) is 5.84 Å². The fourth-order valence-corrected chi connectivity index (χ4v) is 4.35. The summed E-state index contributed by atoms with van der Waals surface area (Å²) in [4.78, 5) is 25.6. The lowest BCUT2D eigenvalue weighted by atomic mass is 10.1. The lowest BCUT2D eigenvalue weighted by molar-refractivity contribution is -0.384. The maximum Gasteiger partial charge on any atom is 0.269 e. The van der Waals surface area contributed by atoms with Gasteiger partial charge in [0.25, 0.3) is 5.69 Å². The summed E-state index contributed by atoms with van der Waals surface area (Å²) in [5.74, 6) is 6.64. The topological polar surface area (TPSA) is 120 Å². The van der Waals surface area contributed by atoms with Crippen LogP contribution in [0.3, 0.4) is 0 Å². The van der Waals surface area contributed by atoms with Gasteiger partial charge in [-0.25, -0.2) is 4.68 Å². The van der Waals surface area contributed by atoms with Gasteiger partial charge in [-0.05, 0) is 29.5 Å². The van der Waals surface area contributed by atoms with E-state index < -0.39 is 4.92 Å². The van der Waals surface area contributed by atoms with Crippen molar-refractivity contribution in [3.05, 3.63) is 51.4 Å². The number of fused-ring (bicyclic) bond motifs is 1. The Bertz CT molecular complexity index is 1020. The van der Waals surface area contributed by atoms with E-state index >= 15 is 0 Å². The molecule has 11 heteroatoms. The van der Waals surface area contributed by atoms with Gasteiger partial charge in [-0.2, -0.15) is 0 Å². The Morgan fingerprint density at radius 3 is 2.96 bits per heavy atom. The molecule has 1 aliphatic rings. The Morgan fingerprint density at radius 1 is 1.37 bits per heavy atom. The molecule has 1 amide bonds. The van der Waals surface area contributed by atoms with Crippen LogP contribution in [0, 0.1) is 10.1 Å². The lowest BCUT2D eigenvalue weighted by Crippen LogP contribution is -2.30. The summed E-state index contributed by atoms with van der Waals surface area (Å²) >= 11 is 2.72. The third-order valence-corrected chi connectivity index (χ3v) is 5.99. The average Bonchev–Trinajstić information content (AvgIpc) is 3.39. The van der Waals surface area contributed by atoms with Gasteiger partial charge in [-0.3, -0.25) is 14.9 Å². The molecule has 0 bridgehead atoms. The molecule has 0 spiro atoms. The van der Waals surface area contributed by atoms with Gasteiger partial charge in [0.1, 0.15) is 0 Å². The molecule has 0 atom stereocenters. The quantitative estimate of drug-likeness (QED) is 0.301. The standard InChI is InChI=1S/C16H14N6O3S2/c17-21-15(13-2-1-7-26-13)18-19-16(21)27-9-14(23)20-6-5-10-8-11(22(24)25)3-4-12(10)20/h1-4,7-8H,5-6,9,17H2. The summed E-state index contributed by atoms with van der Waals surface area (Å²) < 4.78 is 1.38. The number of nitrogen functional groups attached to an aromatic ring is 1. The predicted octanol–water partition coefficient (Wildman–Crippen LogP) is 2.31. The molecule has 0 aliphatic carbocycles. The number of hydrogen-bond acceptors (Lipinski definition) is 8. The molecular weight excluding hydrogens is 388 g/mol. The van der Waals surface area contributed by atoms with Crippen LogP contribution in [0.15, 0.2) is 40.9 Å². The number of nitro benzene ring substituents is 1. The summed E-state index contributed by atoms with van der Waals surface area (Å²) in [5, 5.41) is 21.4. The molecule has 9 nitrogen and oxygen atoms in total. The maximum absolute atomic E-state index is 12.6. The second kappa shape index (κ2) is 7.00. The molecular formula is C16H14N6O3S2. The van der Waals surface area contributed by atoms with Crippen molar-refractivity contribution < 1.29 is 9.72 Å². The second-order valence-electron chi connectivity index (χ2n) is 5.81. The third-order valence-electron chi connectivity index (χ3n) is 4.20. The molecule has 3 aromatic rings. The van der Waals surface area contributed by atoms with Gasteiger partial charge in [0, 0.05) is 24.4 Å². The molecule has 0 fully saturated rings. The van der Waals surface area contributed by atoms with Crippen LogP contribution in [0.5, 0.6) is 0 Å². The second-order valence-corrected chi connectivity index (χ2v) is 7.70. The Hall–Kier alpha value is -2.92. The Balaban J connectivity index is 1.45. The third kappa shape index (κ3) is 3.26. The molecule has 0 unspecified atom stereocenters. The number of thiophene rings is 1. The van der Waals surface area contributed by atoms with E-state index in [2.05, 4.69) is 10.2 Å². The van der Waals surface area contributed by atoms with Crippen molar-refractivity contribution in [3.63, 3.8) is 0 Å². The van der Waals surface area contributed by atoms with Crippen molar-refractivity contribution in [2.75, 3.05) is 23.0 Å². The largest absolute Gasteiger partial charge is 0.335 e. The van der Waals surface area contributed by atoms with Crippen LogP contribution in [-0.4, -0.2) is 38.0 Å². The minimum absolute atomic E-state index is 0.0368. The molecule has 138 valence electrons. The average molecular weight is 402 g/mol. The number of aromatic nitrogens is 3. The highest BCUT2D eigenvalue weighted by Crippen LogP contribution is 2.32. The summed E-state index contributed by atoms with van der Waals surface area (Å²) in [7, 11) is 0. The van der Waals surface area contributed by atoms with Gasteiger partial charge in [0.05, 0.1) is 15.6 Å². The highest BCUT2D eigenvalue weighted by molar-refractivity contribution is 7.99. The van der Waals surface area contributed by atoms with Crippen LogP contribution in [0.2, 0.25) is 0 Å². The SMILES string of the molecule is Nn1c(SCC(=O)N2CCc3cc([N+](=O)[O-])ccc32)nnc1-c1cccs1. The highest BCUT2D eigenvalue weighted by atomic mass is 32.2. The van der Waals surface area contributed by atoms with Crippen LogP contribution in [0.4, 0.5) is 11.4 Å². The zero-order valence-electron chi connectivity index (χ0n) is 13.9. The number of rotatable bonds is 5. The van der Waals surface area contributed by atoms with E-state index in [-0.39, 0.29) is 17.3 Å². The van der Waals surface area contributed by atoms with Gasteiger partial charge < -0.3 is 10.7 Å². The van der Waals surface area contributed by atoms with Gasteiger partial charge in [0.15, 0.2) is 5.82 Å². The van der Waals surface area contributed by atoms with E-state index in [1.807, 2.05) is 17.5 Å². The van der Waals surface area contributed by atoms with E-state index in [1.165, 1.54) is 39.9 Å². The monoisotopic (exact) mass is 402 g/mol. The minimum Gasteiger partial charge on any atom is -0.335 e. The van der Waals surface area contributed by atoms with Crippen LogP contribution in [-0.2, 0) is 11.2 Å². The summed E-state index contributed by atoms with van der Waals surface area (Å²) in [6.07, 6.45) is 0.600. The van der Waals surface area contributed by atoms with Crippen LogP contribution in [0.1, 0.15) is 5.56 Å².